The van der Waals surface area contributed by atoms with Crippen LogP contribution in [0.15, 0.2) is 24.3 Å². The second-order valence-corrected chi connectivity index (χ2v) is 6.64. The Labute approximate surface area is 141 Å². The summed E-state index contributed by atoms with van der Waals surface area (Å²) in [6.45, 7) is 5.91. The first-order valence-corrected chi connectivity index (χ1v) is 8.49. The highest BCUT2D eigenvalue weighted by Crippen LogP contribution is 2.33. The van der Waals surface area contributed by atoms with Gasteiger partial charge < -0.3 is 14.8 Å². The largest absolute Gasteiger partial charge is 0.375 e. The number of carbonyl (C=O) groups is 1. The Kier molecular flexibility index (Phi) is 5.21. The lowest BCUT2D eigenvalue weighted by molar-refractivity contribution is -0.137. The van der Waals surface area contributed by atoms with E-state index in [0.29, 0.717) is 30.3 Å². The molecule has 2 fully saturated rings. The Bertz CT molecular complexity index is 569. The van der Waals surface area contributed by atoms with E-state index in [9.17, 15) is 4.79 Å². The highest BCUT2D eigenvalue weighted by Gasteiger charge is 2.45. The van der Waals surface area contributed by atoms with E-state index in [1.165, 1.54) is 0 Å². The van der Waals surface area contributed by atoms with Gasteiger partial charge in [0, 0.05) is 39.1 Å². The van der Waals surface area contributed by atoms with Crippen molar-refractivity contribution in [2.75, 3.05) is 38.2 Å². The number of rotatable bonds is 4. The van der Waals surface area contributed by atoms with Gasteiger partial charge >= 0.3 is 0 Å². The topological polar surface area (TPSA) is 50.8 Å². The van der Waals surface area contributed by atoms with Crippen molar-refractivity contribution < 1.29 is 14.3 Å². The molecule has 1 N–H and O–H groups in total. The molecule has 0 aliphatic carbocycles. The average Bonchev–Trinajstić information content (AvgIpc) is 2.88. The smallest absolute Gasteiger partial charge is 0.225 e. The zero-order valence-corrected chi connectivity index (χ0v) is 14.1. The molecule has 0 bridgehead atoms. The van der Waals surface area contributed by atoms with Crippen LogP contribution in [0.1, 0.15) is 19.8 Å². The second-order valence-electron chi connectivity index (χ2n) is 6.23. The number of anilines is 1. The monoisotopic (exact) mass is 338 g/mol. The van der Waals surface area contributed by atoms with Crippen molar-refractivity contribution in [3.05, 3.63) is 29.3 Å². The second kappa shape index (κ2) is 7.18. The molecule has 0 saturated carbocycles. The van der Waals surface area contributed by atoms with E-state index in [-0.39, 0.29) is 17.6 Å². The predicted octanol–water partition coefficient (Wildman–Crippen LogP) is 2.55. The number of nitrogens with one attached hydrogen (secondary N) is 1. The molecule has 1 aromatic carbocycles. The van der Waals surface area contributed by atoms with E-state index in [4.69, 9.17) is 21.1 Å². The third kappa shape index (κ3) is 3.86. The standard InChI is InChI=1S/C17H23ClN2O3/c1-13-17(7-10-22-13)12-20(9-11-23-17)8-6-16(21)19-15-5-3-2-4-14(15)18/h2-5,13H,6-12H2,1H3,(H,19,21)/t13-,17+/m1/s1. The van der Waals surface area contributed by atoms with E-state index in [1.807, 2.05) is 18.2 Å². The predicted molar refractivity (Wildman–Crippen MR) is 89.9 cm³/mol. The van der Waals surface area contributed by atoms with Crippen LogP contribution in [0.5, 0.6) is 0 Å². The average molecular weight is 339 g/mol. The molecule has 5 nitrogen and oxygen atoms in total. The fourth-order valence-corrected chi connectivity index (χ4v) is 3.45. The van der Waals surface area contributed by atoms with Crippen LogP contribution in [-0.4, -0.2) is 55.4 Å². The maximum Gasteiger partial charge on any atom is 0.225 e. The van der Waals surface area contributed by atoms with Gasteiger partial charge in [-0.3, -0.25) is 9.69 Å². The number of halogens is 1. The van der Waals surface area contributed by atoms with Crippen molar-refractivity contribution in [2.45, 2.75) is 31.5 Å². The number of benzene rings is 1. The Balaban J connectivity index is 1.50. The van der Waals surface area contributed by atoms with Gasteiger partial charge in [-0.25, -0.2) is 0 Å². The van der Waals surface area contributed by atoms with E-state index < -0.39 is 0 Å². The summed E-state index contributed by atoms with van der Waals surface area (Å²) in [7, 11) is 0. The van der Waals surface area contributed by atoms with Crippen LogP contribution in [0.25, 0.3) is 0 Å². The van der Waals surface area contributed by atoms with E-state index in [0.717, 1.165) is 26.1 Å². The van der Waals surface area contributed by atoms with Gasteiger partial charge in [0.05, 0.1) is 23.4 Å². The quantitative estimate of drug-likeness (QED) is 0.916. The van der Waals surface area contributed by atoms with Crippen LogP contribution in [-0.2, 0) is 14.3 Å². The Morgan fingerprint density at radius 1 is 1.43 bits per heavy atom. The first-order chi connectivity index (χ1) is 11.1. The van der Waals surface area contributed by atoms with Crippen LogP contribution in [0.2, 0.25) is 5.02 Å². The van der Waals surface area contributed by atoms with Gasteiger partial charge in [-0.2, -0.15) is 0 Å². The van der Waals surface area contributed by atoms with Crippen molar-refractivity contribution in [1.82, 2.24) is 4.90 Å². The molecule has 1 amide bonds. The summed E-state index contributed by atoms with van der Waals surface area (Å²) < 4.78 is 11.7. The number of ether oxygens (including phenoxy) is 2. The summed E-state index contributed by atoms with van der Waals surface area (Å²) in [6, 6.07) is 7.27. The molecule has 3 rings (SSSR count). The third-order valence-corrected chi connectivity index (χ3v) is 5.05. The number of hydrogen-bond acceptors (Lipinski definition) is 4. The van der Waals surface area contributed by atoms with Gasteiger partial charge in [-0.05, 0) is 19.1 Å². The molecule has 23 heavy (non-hydrogen) atoms. The van der Waals surface area contributed by atoms with E-state index in [1.54, 1.807) is 6.07 Å². The lowest BCUT2D eigenvalue weighted by Crippen LogP contribution is -2.55. The number of carbonyl (C=O) groups excluding carboxylic acids is 1. The number of nitrogens with zero attached hydrogens (tertiary/aromatic N) is 1. The summed E-state index contributed by atoms with van der Waals surface area (Å²) in [5, 5.41) is 3.42. The summed E-state index contributed by atoms with van der Waals surface area (Å²) in [6.07, 6.45) is 1.48. The number of morpholine rings is 1. The highest BCUT2D eigenvalue weighted by atomic mass is 35.5. The minimum atomic E-state index is -0.197. The van der Waals surface area contributed by atoms with Crippen molar-refractivity contribution in [1.29, 1.82) is 0 Å². The molecule has 2 atom stereocenters. The maximum absolute atomic E-state index is 12.1. The minimum Gasteiger partial charge on any atom is -0.375 e. The van der Waals surface area contributed by atoms with Crippen molar-refractivity contribution in [3.63, 3.8) is 0 Å². The van der Waals surface area contributed by atoms with Crippen molar-refractivity contribution in [2.24, 2.45) is 0 Å². The summed E-state index contributed by atoms with van der Waals surface area (Å²) >= 11 is 6.06. The molecule has 0 aromatic heterocycles. The molecule has 0 unspecified atom stereocenters. The maximum atomic E-state index is 12.1. The summed E-state index contributed by atoms with van der Waals surface area (Å²) in [5.41, 5.74) is 0.465. The van der Waals surface area contributed by atoms with Crippen LogP contribution in [0, 0.1) is 0 Å². The highest BCUT2D eigenvalue weighted by molar-refractivity contribution is 6.33. The van der Waals surface area contributed by atoms with Crippen molar-refractivity contribution >= 4 is 23.2 Å². The molecule has 1 aromatic rings. The molecule has 126 valence electrons. The zero-order chi connectivity index (χ0) is 16.3. The fourth-order valence-electron chi connectivity index (χ4n) is 3.27. The SMILES string of the molecule is C[C@H]1OCC[C@]12CN(CCC(=O)Nc1ccccc1Cl)CCO2. The molecule has 2 saturated heterocycles. The molecular formula is C17H23ClN2O3. The van der Waals surface area contributed by atoms with E-state index in [2.05, 4.69) is 17.1 Å². The van der Waals surface area contributed by atoms with Gasteiger partial charge in [-0.1, -0.05) is 23.7 Å². The molecular weight excluding hydrogens is 316 g/mol. The van der Waals surface area contributed by atoms with Gasteiger partial charge in [0.25, 0.3) is 0 Å². The Hall–Kier alpha value is -1.14. The van der Waals surface area contributed by atoms with Crippen LogP contribution >= 0.6 is 11.6 Å². The molecule has 2 aliphatic heterocycles. The van der Waals surface area contributed by atoms with Gasteiger partial charge in [-0.15, -0.1) is 0 Å². The van der Waals surface area contributed by atoms with Gasteiger partial charge in [0.1, 0.15) is 5.60 Å². The molecule has 2 heterocycles. The van der Waals surface area contributed by atoms with Gasteiger partial charge in [0.15, 0.2) is 0 Å². The normalized spacial score (nSPS) is 28.2. The summed E-state index contributed by atoms with van der Waals surface area (Å²) in [5.74, 6) is -0.0191. The van der Waals surface area contributed by atoms with Crippen molar-refractivity contribution in [3.8, 4) is 0 Å². The molecule has 1 spiro atoms. The first-order valence-electron chi connectivity index (χ1n) is 8.11. The van der Waals surface area contributed by atoms with Crippen LogP contribution < -0.4 is 5.32 Å². The number of amides is 1. The Morgan fingerprint density at radius 3 is 3.00 bits per heavy atom. The van der Waals surface area contributed by atoms with Crippen LogP contribution in [0.3, 0.4) is 0 Å². The summed E-state index contributed by atoms with van der Waals surface area (Å²) in [4.78, 5) is 14.4. The molecule has 2 aliphatic rings. The third-order valence-electron chi connectivity index (χ3n) is 4.73. The lowest BCUT2D eigenvalue weighted by Gasteiger charge is -2.42. The number of hydrogen-bond donors (Lipinski definition) is 1. The Morgan fingerprint density at radius 2 is 2.26 bits per heavy atom. The number of para-hydroxylation sites is 1. The molecule has 0 radical (unpaired) electrons. The lowest BCUT2D eigenvalue weighted by atomic mass is 9.94. The zero-order valence-electron chi connectivity index (χ0n) is 13.4. The minimum absolute atomic E-state index is 0.0191. The first kappa shape index (κ1) is 16.7. The fraction of sp³-hybridized carbons (Fsp3) is 0.588. The van der Waals surface area contributed by atoms with E-state index >= 15 is 0 Å². The van der Waals surface area contributed by atoms with Crippen LogP contribution in [0.4, 0.5) is 5.69 Å². The van der Waals surface area contributed by atoms with Gasteiger partial charge in [0.2, 0.25) is 5.91 Å². The molecule has 6 heteroatoms.